The van der Waals surface area contributed by atoms with E-state index in [-0.39, 0.29) is 17.6 Å². The Bertz CT molecular complexity index is 964. The summed E-state index contributed by atoms with van der Waals surface area (Å²) < 4.78 is 1.48. The maximum atomic E-state index is 12.4. The summed E-state index contributed by atoms with van der Waals surface area (Å²) in [6.07, 6.45) is 3.41. The quantitative estimate of drug-likeness (QED) is 0.738. The van der Waals surface area contributed by atoms with E-state index in [1.807, 2.05) is 43.3 Å². The number of carbonyl (C=O) groups is 1. The normalized spacial score (nSPS) is 11.9. The van der Waals surface area contributed by atoms with Crippen molar-refractivity contribution in [3.63, 3.8) is 0 Å². The molecule has 1 heterocycles. The highest BCUT2D eigenvalue weighted by Crippen LogP contribution is 2.19. The Balaban J connectivity index is 1.66. The molecule has 5 heteroatoms. The van der Waals surface area contributed by atoms with Crippen LogP contribution in [0.15, 0.2) is 65.6 Å². The summed E-state index contributed by atoms with van der Waals surface area (Å²) in [7, 11) is 1.68. The van der Waals surface area contributed by atoms with Gasteiger partial charge < -0.3 is 15.2 Å². The number of pyridine rings is 1. The van der Waals surface area contributed by atoms with Crippen molar-refractivity contribution in [1.29, 1.82) is 0 Å². The smallest absolute Gasteiger partial charge is 0.319 e. The van der Waals surface area contributed by atoms with Crippen LogP contribution in [0.1, 0.15) is 18.9 Å². The van der Waals surface area contributed by atoms with Gasteiger partial charge in [0.1, 0.15) is 0 Å². The molecule has 0 bridgehead atoms. The second-order valence-corrected chi connectivity index (χ2v) is 6.53. The lowest BCUT2D eigenvalue weighted by atomic mass is 10.1. The summed E-state index contributed by atoms with van der Waals surface area (Å²) in [6.45, 7) is 1.99. The first-order chi connectivity index (χ1) is 12.5. The highest BCUT2D eigenvalue weighted by Gasteiger charge is 2.11. The van der Waals surface area contributed by atoms with Crippen molar-refractivity contribution >= 4 is 22.5 Å². The van der Waals surface area contributed by atoms with Crippen LogP contribution in [0.4, 0.5) is 10.5 Å². The van der Waals surface area contributed by atoms with E-state index in [4.69, 9.17) is 0 Å². The minimum Gasteiger partial charge on any atom is -0.335 e. The maximum Gasteiger partial charge on any atom is 0.319 e. The molecule has 2 aromatic carbocycles. The maximum absolute atomic E-state index is 12.4. The Labute approximate surface area is 152 Å². The second-order valence-electron chi connectivity index (χ2n) is 6.53. The number of urea groups is 1. The fraction of sp³-hybridized carbons (Fsp3) is 0.238. The van der Waals surface area contributed by atoms with E-state index in [9.17, 15) is 9.59 Å². The number of anilines is 1. The average Bonchev–Trinajstić information content (AvgIpc) is 2.65. The van der Waals surface area contributed by atoms with E-state index in [2.05, 4.69) is 22.8 Å². The Morgan fingerprint density at radius 1 is 1.04 bits per heavy atom. The number of aromatic nitrogens is 1. The molecular formula is C21H23N3O2. The molecule has 0 saturated heterocycles. The summed E-state index contributed by atoms with van der Waals surface area (Å²) in [5, 5.41) is 7.16. The van der Waals surface area contributed by atoms with Crippen LogP contribution in [0, 0.1) is 0 Å². The summed E-state index contributed by atoms with van der Waals surface area (Å²) in [5.74, 6) is 0. The highest BCUT2D eigenvalue weighted by atomic mass is 16.2. The molecule has 1 aromatic heterocycles. The SMILES string of the molecule is C[C@H](CCc1ccccc1)NC(=O)Nc1cn(C)c(=O)c2ccccc12. The zero-order valence-electron chi connectivity index (χ0n) is 15.0. The number of benzene rings is 2. The van der Waals surface area contributed by atoms with Gasteiger partial charge in [-0.3, -0.25) is 4.79 Å². The molecule has 0 aliphatic rings. The number of carbonyl (C=O) groups excluding carboxylic acids is 1. The lowest BCUT2D eigenvalue weighted by molar-refractivity contribution is 0.248. The van der Waals surface area contributed by atoms with E-state index in [1.54, 1.807) is 19.3 Å². The number of rotatable bonds is 5. The van der Waals surface area contributed by atoms with Gasteiger partial charge in [-0.2, -0.15) is 0 Å². The number of hydrogen-bond acceptors (Lipinski definition) is 2. The molecule has 0 radical (unpaired) electrons. The van der Waals surface area contributed by atoms with Gasteiger partial charge in [0.25, 0.3) is 5.56 Å². The third kappa shape index (κ3) is 4.11. The third-order valence-corrected chi connectivity index (χ3v) is 4.43. The lowest BCUT2D eigenvalue weighted by Crippen LogP contribution is -2.36. The molecule has 0 aliphatic heterocycles. The van der Waals surface area contributed by atoms with Crippen LogP contribution in [0.3, 0.4) is 0 Å². The molecule has 3 rings (SSSR count). The lowest BCUT2D eigenvalue weighted by Gasteiger charge is -2.16. The van der Waals surface area contributed by atoms with Gasteiger partial charge in [0.2, 0.25) is 0 Å². The molecular weight excluding hydrogens is 326 g/mol. The first-order valence-corrected chi connectivity index (χ1v) is 8.74. The molecule has 5 nitrogen and oxygen atoms in total. The zero-order chi connectivity index (χ0) is 18.5. The number of nitrogens with zero attached hydrogens (tertiary/aromatic N) is 1. The van der Waals surface area contributed by atoms with Gasteiger partial charge in [0, 0.05) is 30.1 Å². The van der Waals surface area contributed by atoms with E-state index in [0.717, 1.165) is 18.2 Å². The molecule has 2 amide bonds. The minimum atomic E-state index is -0.269. The van der Waals surface area contributed by atoms with Gasteiger partial charge in [-0.05, 0) is 31.4 Å². The molecule has 0 spiro atoms. The van der Waals surface area contributed by atoms with E-state index in [1.165, 1.54) is 10.1 Å². The summed E-state index contributed by atoms with van der Waals surface area (Å²) in [6, 6.07) is 17.3. The first kappa shape index (κ1) is 17.7. The van der Waals surface area contributed by atoms with Crippen LogP contribution in [-0.2, 0) is 13.5 Å². The number of hydrogen-bond donors (Lipinski definition) is 2. The minimum absolute atomic E-state index is 0.0361. The number of fused-ring (bicyclic) bond motifs is 1. The van der Waals surface area contributed by atoms with Crippen molar-refractivity contribution in [3.8, 4) is 0 Å². The first-order valence-electron chi connectivity index (χ1n) is 8.74. The van der Waals surface area contributed by atoms with Crippen molar-refractivity contribution < 1.29 is 4.79 Å². The van der Waals surface area contributed by atoms with Crippen LogP contribution in [-0.4, -0.2) is 16.6 Å². The van der Waals surface area contributed by atoms with Crippen molar-refractivity contribution in [2.45, 2.75) is 25.8 Å². The Morgan fingerprint density at radius 3 is 2.42 bits per heavy atom. The second kappa shape index (κ2) is 7.87. The van der Waals surface area contributed by atoms with Crippen LogP contribution in [0.2, 0.25) is 0 Å². The van der Waals surface area contributed by atoms with E-state index in [0.29, 0.717) is 11.1 Å². The van der Waals surface area contributed by atoms with Crippen molar-refractivity contribution in [3.05, 3.63) is 76.7 Å². The topological polar surface area (TPSA) is 63.1 Å². The number of nitrogens with one attached hydrogen (secondary N) is 2. The Hall–Kier alpha value is -3.08. The van der Waals surface area contributed by atoms with E-state index >= 15 is 0 Å². The monoisotopic (exact) mass is 349 g/mol. The third-order valence-electron chi connectivity index (χ3n) is 4.43. The number of amides is 2. The van der Waals surface area contributed by atoms with Gasteiger partial charge in [0.15, 0.2) is 0 Å². The van der Waals surface area contributed by atoms with Crippen molar-refractivity contribution in [2.24, 2.45) is 7.05 Å². The van der Waals surface area contributed by atoms with Crippen LogP contribution < -0.4 is 16.2 Å². The molecule has 26 heavy (non-hydrogen) atoms. The average molecular weight is 349 g/mol. The fourth-order valence-electron chi connectivity index (χ4n) is 3.00. The molecule has 2 N–H and O–H groups in total. The number of aryl methyl sites for hydroxylation is 2. The molecule has 0 aliphatic carbocycles. The van der Waals surface area contributed by atoms with Crippen molar-refractivity contribution in [2.75, 3.05) is 5.32 Å². The summed E-state index contributed by atoms with van der Waals surface area (Å²) in [4.78, 5) is 24.6. The predicted molar refractivity (Wildman–Crippen MR) is 106 cm³/mol. The largest absolute Gasteiger partial charge is 0.335 e. The van der Waals surface area contributed by atoms with Crippen LogP contribution >= 0.6 is 0 Å². The standard InChI is InChI=1S/C21H23N3O2/c1-15(12-13-16-8-4-3-5-9-16)22-21(26)23-19-14-24(2)20(25)18-11-7-6-10-17(18)19/h3-11,14-15H,12-13H2,1-2H3,(H2,22,23,26)/t15-/m1/s1. The zero-order valence-corrected chi connectivity index (χ0v) is 15.0. The highest BCUT2D eigenvalue weighted by molar-refractivity contribution is 6.00. The van der Waals surface area contributed by atoms with E-state index < -0.39 is 0 Å². The van der Waals surface area contributed by atoms with Crippen LogP contribution in [0.5, 0.6) is 0 Å². The molecule has 3 aromatic rings. The van der Waals surface area contributed by atoms with Crippen LogP contribution in [0.25, 0.3) is 10.8 Å². The Morgan fingerprint density at radius 2 is 1.69 bits per heavy atom. The fourth-order valence-corrected chi connectivity index (χ4v) is 3.00. The molecule has 0 unspecified atom stereocenters. The van der Waals surface area contributed by atoms with Gasteiger partial charge in [0.05, 0.1) is 5.69 Å². The molecule has 0 fully saturated rings. The van der Waals surface area contributed by atoms with Gasteiger partial charge in [-0.1, -0.05) is 48.5 Å². The molecule has 0 saturated carbocycles. The van der Waals surface area contributed by atoms with Gasteiger partial charge in [-0.15, -0.1) is 0 Å². The molecule has 134 valence electrons. The Kier molecular flexibility index (Phi) is 5.37. The predicted octanol–water partition coefficient (Wildman–Crippen LogP) is 3.68. The van der Waals surface area contributed by atoms with Gasteiger partial charge >= 0.3 is 6.03 Å². The summed E-state index contributed by atoms with van der Waals surface area (Å²) >= 11 is 0. The van der Waals surface area contributed by atoms with Crippen molar-refractivity contribution in [1.82, 2.24) is 9.88 Å². The molecule has 1 atom stereocenters. The van der Waals surface area contributed by atoms with Gasteiger partial charge in [-0.25, -0.2) is 4.79 Å². The summed E-state index contributed by atoms with van der Waals surface area (Å²) in [5.41, 5.74) is 1.80.